The quantitative estimate of drug-likeness (QED) is 0.474. The number of nitrogens with one attached hydrogen (secondary N) is 2. The van der Waals surface area contributed by atoms with Gasteiger partial charge in [-0.2, -0.15) is 0 Å². The van der Waals surface area contributed by atoms with E-state index in [0.717, 1.165) is 51.6 Å². The van der Waals surface area contributed by atoms with E-state index in [1.807, 2.05) is 6.92 Å². The van der Waals surface area contributed by atoms with E-state index < -0.39 is 0 Å². The highest BCUT2D eigenvalue weighted by Crippen LogP contribution is 2.51. The van der Waals surface area contributed by atoms with Crippen molar-refractivity contribution in [3.63, 3.8) is 0 Å². The van der Waals surface area contributed by atoms with Crippen LogP contribution in [0.25, 0.3) is 0 Å². The summed E-state index contributed by atoms with van der Waals surface area (Å²) in [4.78, 5) is 23.5. The summed E-state index contributed by atoms with van der Waals surface area (Å²) < 4.78 is 5.04. The van der Waals surface area contributed by atoms with E-state index in [2.05, 4.69) is 24.5 Å². The second-order valence-electron chi connectivity index (χ2n) is 7.18. The van der Waals surface area contributed by atoms with Gasteiger partial charge in [0.05, 0.1) is 5.41 Å². The van der Waals surface area contributed by atoms with Gasteiger partial charge in [0, 0.05) is 22.5 Å². The molecule has 0 aromatic carbocycles. The molecule has 5 nitrogen and oxygen atoms in total. The highest BCUT2D eigenvalue weighted by Gasteiger charge is 2.51. The number of hydrogen-bond acceptors (Lipinski definition) is 3. The minimum absolute atomic E-state index is 0. The van der Waals surface area contributed by atoms with Crippen molar-refractivity contribution in [1.82, 2.24) is 10.6 Å². The molecule has 0 aromatic heterocycles. The lowest BCUT2D eigenvalue weighted by Crippen LogP contribution is -2.35. The molecule has 1 saturated carbocycles. The molecule has 0 bridgehead atoms. The van der Waals surface area contributed by atoms with Crippen LogP contribution in [0.4, 0.5) is 0 Å². The Morgan fingerprint density at radius 1 is 1.00 bits per heavy atom. The van der Waals surface area contributed by atoms with Gasteiger partial charge in [-0.15, -0.1) is 0 Å². The van der Waals surface area contributed by atoms with Crippen LogP contribution < -0.4 is 10.6 Å². The van der Waals surface area contributed by atoms with Gasteiger partial charge in [-0.05, 0) is 38.5 Å². The fourth-order valence-corrected chi connectivity index (χ4v) is 3.01. The van der Waals surface area contributed by atoms with E-state index in [4.69, 9.17) is 4.74 Å². The van der Waals surface area contributed by atoms with Crippen molar-refractivity contribution < 1.29 is 17.2 Å². The maximum Gasteiger partial charge on any atom is 0.245 e. The third-order valence-electron chi connectivity index (χ3n) is 4.99. The van der Waals surface area contributed by atoms with E-state index >= 15 is 0 Å². The summed E-state index contributed by atoms with van der Waals surface area (Å²) in [5.74, 6) is 0.689. The van der Waals surface area contributed by atoms with Crippen molar-refractivity contribution in [3.8, 4) is 0 Å². The third kappa shape index (κ3) is 7.65. The summed E-state index contributed by atoms with van der Waals surface area (Å²) in [6.07, 6.45) is 8.86. The SMILES string of the molecule is CCOCC(=O)NCCCCCCCCNC(=O)C1(C(C)C)CC1.[HH].[HH]. The molecular weight excluding hydrogens is 304 g/mol. The van der Waals surface area contributed by atoms with Crippen molar-refractivity contribution in [2.24, 2.45) is 11.3 Å². The van der Waals surface area contributed by atoms with Crippen LogP contribution in [0.2, 0.25) is 0 Å². The largest absolute Gasteiger partial charge is 0.372 e. The topological polar surface area (TPSA) is 67.4 Å². The van der Waals surface area contributed by atoms with Gasteiger partial charge in [-0.3, -0.25) is 9.59 Å². The molecule has 1 fully saturated rings. The number of carbonyl (C=O) groups is 2. The molecule has 0 atom stereocenters. The molecule has 0 unspecified atom stereocenters. The zero-order valence-electron chi connectivity index (χ0n) is 15.8. The Hall–Kier alpha value is -1.10. The first-order valence-electron chi connectivity index (χ1n) is 9.65. The lowest BCUT2D eigenvalue weighted by Gasteiger charge is -2.18. The van der Waals surface area contributed by atoms with E-state index in [1.165, 1.54) is 12.8 Å². The Bertz CT molecular complexity index is 389. The first-order valence-corrected chi connectivity index (χ1v) is 9.65. The first-order chi connectivity index (χ1) is 11.5. The fourth-order valence-electron chi connectivity index (χ4n) is 3.01. The number of amides is 2. The van der Waals surface area contributed by atoms with Crippen LogP contribution in [-0.2, 0) is 14.3 Å². The Balaban J connectivity index is 0. The predicted molar refractivity (Wildman–Crippen MR) is 101 cm³/mol. The van der Waals surface area contributed by atoms with Gasteiger partial charge < -0.3 is 15.4 Å². The van der Waals surface area contributed by atoms with Gasteiger partial charge in [-0.25, -0.2) is 0 Å². The monoisotopic (exact) mass is 344 g/mol. The van der Waals surface area contributed by atoms with Crippen LogP contribution in [-0.4, -0.2) is 38.1 Å². The van der Waals surface area contributed by atoms with Gasteiger partial charge in [0.1, 0.15) is 6.61 Å². The van der Waals surface area contributed by atoms with Crippen LogP contribution in [0.3, 0.4) is 0 Å². The average molecular weight is 345 g/mol. The maximum absolute atomic E-state index is 12.1. The number of hydrogen-bond donors (Lipinski definition) is 2. The van der Waals surface area contributed by atoms with Crippen LogP contribution in [0.5, 0.6) is 0 Å². The fraction of sp³-hybridized carbons (Fsp3) is 0.895. The molecule has 0 aliphatic heterocycles. The van der Waals surface area contributed by atoms with Crippen molar-refractivity contribution in [2.75, 3.05) is 26.3 Å². The molecule has 0 heterocycles. The molecule has 2 amide bonds. The Morgan fingerprint density at radius 3 is 2.04 bits per heavy atom. The number of ether oxygens (including phenoxy) is 1. The summed E-state index contributed by atoms with van der Waals surface area (Å²) in [6.45, 7) is 8.46. The normalized spacial score (nSPS) is 15.3. The van der Waals surface area contributed by atoms with Gasteiger partial charge in [0.15, 0.2) is 0 Å². The molecule has 24 heavy (non-hydrogen) atoms. The average Bonchev–Trinajstić information content (AvgIpc) is 3.36. The number of unbranched alkanes of at least 4 members (excludes halogenated alkanes) is 5. The van der Waals surface area contributed by atoms with Crippen molar-refractivity contribution in [1.29, 1.82) is 0 Å². The molecule has 1 rings (SSSR count). The molecule has 0 radical (unpaired) electrons. The molecular formula is C19H40N2O3. The highest BCUT2D eigenvalue weighted by molar-refractivity contribution is 5.85. The second-order valence-corrected chi connectivity index (χ2v) is 7.18. The minimum Gasteiger partial charge on any atom is -0.372 e. The number of rotatable bonds is 14. The predicted octanol–water partition coefficient (Wildman–Crippen LogP) is 3.52. The smallest absolute Gasteiger partial charge is 0.245 e. The van der Waals surface area contributed by atoms with Gasteiger partial charge in [0.2, 0.25) is 11.8 Å². The molecule has 2 N–H and O–H groups in total. The van der Waals surface area contributed by atoms with E-state index in [-0.39, 0.29) is 26.7 Å². The van der Waals surface area contributed by atoms with Crippen LogP contribution in [0.15, 0.2) is 0 Å². The molecule has 1 aliphatic carbocycles. The van der Waals surface area contributed by atoms with E-state index in [9.17, 15) is 9.59 Å². The van der Waals surface area contributed by atoms with Gasteiger partial charge in [-0.1, -0.05) is 39.5 Å². The van der Waals surface area contributed by atoms with Crippen LogP contribution in [0, 0.1) is 11.3 Å². The summed E-state index contributed by atoms with van der Waals surface area (Å²) in [7, 11) is 0. The van der Waals surface area contributed by atoms with Crippen molar-refractivity contribution in [3.05, 3.63) is 0 Å². The molecule has 144 valence electrons. The summed E-state index contributed by atoms with van der Waals surface area (Å²) in [5, 5.41) is 5.97. The zero-order chi connectivity index (χ0) is 17.8. The van der Waals surface area contributed by atoms with Gasteiger partial charge in [0.25, 0.3) is 0 Å². The van der Waals surface area contributed by atoms with Crippen molar-refractivity contribution >= 4 is 11.8 Å². The summed E-state index contributed by atoms with van der Waals surface area (Å²) in [5.41, 5.74) is -0.0490. The minimum atomic E-state index is -0.0490. The second kappa shape index (κ2) is 11.5. The lowest BCUT2D eigenvalue weighted by atomic mass is 9.91. The summed E-state index contributed by atoms with van der Waals surface area (Å²) >= 11 is 0. The van der Waals surface area contributed by atoms with Crippen molar-refractivity contribution in [2.45, 2.75) is 72.1 Å². The van der Waals surface area contributed by atoms with E-state index in [0.29, 0.717) is 12.5 Å². The molecule has 0 saturated heterocycles. The Labute approximate surface area is 150 Å². The Morgan fingerprint density at radius 2 is 1.54 bits per heavy atom. The standard InChI is InChI=1S/C19H36N2O3.2H2/c1-4-24-15-17(22)20-13-9-7-5-6-8-10-14-21-18(23)19(11-12-19)16(2)3;;/h16H,4-15H2,1-3H3,(H,20,22)(H,21,23);2*1H. The summed E-state index contributed by atoms with van der Waals surface area (Å²) in [6, 6.07) is 0. The van der Waals surface area contributed by atoms with Crippen LogP contribution >= 0.6 is 0 Å². The van der Waals surface area contributed by atoms with Gasteiger partial charge >= 0.3 is 0 Å². The third-order valence-corrected chi connectivity index (χ3v) is 4.99. The number of carbonyl (C=O) groups excluding carboxylic acids is 2. The first kappa shape index (κ1) is 20.9. The molecule has 0 aromatic rings. The molecule has 1 aliphatic rings. The zero-order valence-corrected chi connectivity index (χ0v) is 15.8. The molecule has 0 spiro atoms. The highest BCUT2D eigenvalue weighted by atomic mass is 16.5. The Kier molecular flexibility index (Phi) is 9.99. The van der Waals surface area contributed by atoms with Crippen LogP contribution in [0.1, 0.15) is 75.0 Å². The molecule has 5 heteroatoms. The maximum atomic E-state index is 12.1. The lowest BCUT2D eigenvalue weighted by molar-refractivity contribution is -0.128. The van der Waals surface area contributed by atoms with E-state index in [1.54, 1.807) is 0 Å².